The number of anilines is 2. The molecule has 1 amide bonds. The number of nitrogens with one attached hydrogen (secondary N) is 2. The van der Waals surface area contributed by atoms with Gasteiger partial charge < -0.3 is 20.1 Å². The Morgan fingerprint density at radius 3 is 2.55 bits per heavy atom. The van der Waals surface area contributed by atoms with Crippen LogP contribution in [0.3, 0.4) is 0 Å². The highest BCUT2D eigenvalue weighted by atomic mass is 35.5. The Labute approximate surface area is 133 Å². The first-order chi connectivity index (χ1) is 10.6. The molecule has 3 rings (SSSR count). The van der Waals surface area contributed by atoms with Gasteiger partial charge in [0.25, 0.3) is 0 Å². The van der Waals surface area contributed by atoms with Crippen molar-refractivity contribution < 1.29 is 14.3 Å². The first-order valence-corrected chi connectivity index (χ1v) is 7.22. The summed E-state index contributed by atoms with van der Waals surface area (Å²) in [6.45, 7) is 2.02. The molecule has 0 unspecified atom stereocenters. The molecule has 0 aromatic heterocycles. The predicted octanol–water partition coefficient (Wildman–Crippen LogP) is 3.51. The van der Waals surface area contributed by atoms with Gasteiger partial charge >= 0.3 is 0 Å². The molecule has 2 N–H and O–H groups in total. The van der Waals surface area contributed by atoms with E-state index in [1.165, 1.54) is 0 Å². The number of halogens is 1. The summed E-state index contributed by atoms with van der Waals surface area (Å²) < 4.78 is 10.6. The van der Waals surface area contributed by atoms with Crippen LogP contribution in [-0.2, 0) is 4.79 Å². The molecule has 0 spiro atoms. The van der Waals surface area contributed by atoms with Crippen molar-refractivity contribution in [3.8, 4) is 11.5 Å². The van der Waals surface area contributed by atoms with Gasteiger partial charge in [-0.2, -0.15) is 0 Å². The molecule has 0 saturated carbocycles. The topological polar surface area (TPSA) is 59.6 Å². The van der Waals surface area contributed by atoms with Crippen LogP contribution in [0.1, 0.15) is 6.92 Å². The third-order valence-corrected chi connectivity index (χ3v) is 3.51. The van der Waals surface area contributed by atoms with Crippen LogP contribution in [-0.4, -0.2) is 18.7 Å². The highest BCUT2D eigenvalue weighted by Gasteiger charge is 2.16. The van der Waals surface area contributed by atoms with Crippen LogP contribution < -0.4 is 20.1 Å². The van der Waals surface area contributed by atoms with E-state index in [0.717, 1.165) is 5.69 Å². The summed E-state index contributed by atoms with van der Waals surface area (Å²) >= 11 is 5.82. The SMILES string of the molecule is C[C@H](Nc1ccc2c(c1)OCO2)C(=O)Nc1ccc(Cl)cc1. The fourth-order valence-corrected chi connectivity index (χ4v) is 2.21. The number of amides is 1. The number of fused-ring (bicyclic) bond motifs is 1. The highest BCUT2D eigenvalue weighted by Crippen LogP contribution is 2.34. The van der Waals surface area contributed by atoms with Crippen molar-refractivity contribution in [3.63, 3.8) is 0 Å². The van der Waals surface area contributed by atoms with Gasteiger partial charge in [0.15, 0.2) is 11.5 Å². The summed E-state index contributed by atoms with van der Waals surface area (Å²) in [6, 6.07) is 12.0. The molecule has 2 aromatic rings. The molecule has 1 aliphatic heterocycles. The Kier molecular flexibility index (Phi) is 4.06. The minimum atomic E-state index is -0.406. The Bertz CT molecular complexity index is 688. The third kappa shape index (κ3) is 3.26. The van der Waals surface area contributed by atoms with Crippen LogP contribution in [0.2, 0.25) is 5.02 Å². The second-order valence-corrected chi connectivity index (χ2v) is 5.37. The van der Waals surface area contributed by atoms with E-state index in [-0.39, 0.29) is 12.7 Å². The maximum atomic E-state index is 12.2. The highest BCUT2D eigenvalue weighted by molar-refractivity contribution is 6.30. The normalized spacial score (nSPS) is 13.5. The summed E-state index contributed by atoms with van der Waals surface area (Å²) in [5.41, 5.74) is 1.50. The molecule has 6 heteroatoms. The monoisotopic (exact) mass is 318 g/mol. The maximum absolute atomic E-state index is 12.2. The van der Waals surface area contributed by atoms with E-state index in [2.05, 4.69) is 10.6 Å². The fraction of sp³-hybridized carbons (Fsp3) is 0.188. The zero-order valence-corrected chi connectivity index (χ0v) is 12.7. The summed E-state index contributed by atoms with van der Waals surface area (Å²) in [4.78, 5) is 12.2. The summed E-state index contributed by atoms with van der Waals surface area (Å²) in [7, 11) is 0. The fourth-order valence-electron chi connectivity index (χ4n) is 2.09. The predicted molar refractivity (Wildman–Crippen MR) is 85.7 cm³/mol. The molecule has 5 nitrogen and oxygen atoms in total. The van der Waals surface area contributed by atoms with Crippen molar-refractivity contribution in [1.82, 2.24) is 0 Å². The van der Waals surface area contributed by atoms with Gasteiger partial charge in [-0.3, -0.25) is 4.79 Å². The van der Waals surface area contributed by atoms with Crippen LogP contribution >= 0.6 is 11.6 Å². The van der Waals surface area contributed by atoms with Crippen LogP contribution in [0.25, 0.3) is 0 Å². The van der Waals surface area contributed by atoms with Gasteiger partial charge in [0, 0.05) is 22.5 Å². The molecule has 1 heterocycles. The van der Waals surface area contributed by atoms with Crippen LogP contribution in [0, 0.1) is 0 Å². The van der Waals surface area contributed by atoms with Crippen molar-refractivity contribution in [2.45, 2.75) is 13.0 Å². The van der Waals surface area contributed by atoms with E-state index in [0.29, 0.717) is 22.2 Å². The van der Waals surface area contributed by atoms with Crippen LogP contribution in [0.15, 0.2) is 42.5 Å². The van der Waals surface area contributed by atoms with Crippen molar-refractivity contribution in [1.29, 1.82) is 0 Å². The number of ether oxygens (including phenoxy) is 2. The van der Waals surface area contributed by atoms with Crippen molar-refractivity contribution >= 4 is 28.9 Å². The number of carbonyl (C=O) groups excluding carboxylic acids is 1. The van der Waals surface area contributed by atoms with Gasteiger partial charge in [-0.1, -0.05) is 11.6 Å². The Morgan fingerprint density at radius 2 is 1.77 bits per heavy atom. The van der Waals surface area contributed by atoms with Gasteiger partial charge in [-0.15, -0.1) is 0 Å². The Hall–Kier alpha value is -2.40. The van der Waals surface area contributed by atoms with E-state index in [9.17, 15) is 4.79 Å². The molecular weight excluding hydrogens is 304 g/mol. The van der Waals surface area contributed by atoms with Crippen LogP contribution in [0.5, 0.6) is 11.5 Å². The lowest BCUT2D eigenvalue weighted by Crippen LogP contribution is -2.31. The molecule has 1 atom stereocenters. The summed E-state index contributed by atoms with van der Waals surface area (Å²) in [5.74, 6) is 1.25. The molecule has 0 radical (unpaired) electrons. The zero-order chi connectivity index (χ0) is 15.5. The van der Waals surface area contributed by atoms with E-state index in [4.69, 9.17) is 21.1 Å². The minimum absolute atomic E-state index is 0.139. The first kappa shape index (κ1) is 14.5. The van der Waals surface area contributed by atoms with E-state index in [1.807, 2.05) is 18.2 Å². The van der Waals surface area contributed by atoms with Gasteiger partial charge in [-0.25, -0.2) is 0 Å². The number of hydrogen-bond donors (Lipinski definition) is 2. The molecule has 0 fully saturated rings. The van der Waals surface area contributed by atoms with Gasteiger partial charge in [0.1, 0.15) is 6.04 Å². The van der Waals surface area contributed by atoms with E-state index < -0.39 is 6.04 Å². The summed E-state index contributed by atoms with van der Waals surface area (Å²) in [5, 5.41) is 6.58. The van der Waals surface area contributed by atoms with Gasteiger partial charge in [-0.05, 0) is 43.3 Å². The smallest absolute Gasteiger partial charge is 0.246 e. The maximum Gasteiger partial charge on any atom is 0.246 e. The second kappa shape index (κ2) is 6.15. The first-order valence-electron chi connectivity index (χ1n) is 6.84. The third-order valence-electron chi connectivity index (χ3n) is 3.26. The molecule has 0 bridgehead atoms. The molecule has 0 aliphatic carbocycles. The average Bonchev–Trinajstić information content (AvgIpc) is 2.97. The Balaban J connectivity index is 1.62. The van der Waals surface area contributed by atoms with Crippen molar-refractivity contribution in [2.75, 3.05) is 17.4 Å². The zero-order valence-electron chi connectivity index (χ0n) is 11.9. The standard InChI is InChI=1S/C16H15ClN2O3/c1-10(16(20)19-12-4-2-11(17)3-5-12)18-13-6-7-14-15(8-13)22-9-21-14/h2-8,10,18H,9H2,1H3,(H,19,20)/t10-/m0/s1. The molecule has 114 valence electrons. The molecule has 2 aromatic carbocycles. The summed E-state index contributed by atoms with van der Waals surface area (Å²) in [6.07, 6.45) is 0. The van der Waals surface area contributed by atoms with E-state index >= 15 is 0 Å². The van der Waals surface area contributed by atoms with Gasteiger partial charge in [0.05, 0.1) is 0 Å². The number of benzene rings is 2. The molecule has 22 heavy (non-hydrogen) atoms. The number of carbonyl (C=O) groups is 1. The minimum Gasteiger partial charge on any atom is -0.454 e. The largest absolute Gasteiger partial charge is 0.454 e. The van der Waals surface area contributed by atoms with Crippen LogP contribution in [0.4, 0.5) is 11.4 Å². The van der Waals surface area contributed by atoms with Crippen molar-refractivity contribution in [2.24, 2.45) is 0 Å². The quantitative estimate of drug-likeness (QED) is 0.905. The van der Waals surface area contributed by atoms with Crippen molar-refractivity contribution in [3.05, 3.63) is 47.5 Å². The lowest BCUT2D eigenvalue weighted by atomic mass is 10.2. The van der Waals surface area contributed by atoms with E-state index in [1.54, 1.807) is 31.2 Å². The second-order valence-electron chi connectivity index (χ2n) is 4.93. The average molecular weight is 319 g/mol. The lowest BCUT2D eigenvalue weighted by molar-refractivity contribution is -0.116. The molecule has 1 aliphatic rings. The number of rotatable bonds is 4. The van der Waals surface area contributed by atoms with Gasteiger partial charge in [0.2, 0.25) is 12.7 Å². The lowest BCUT2D eigenvalue weighted by Gasteiger charge is -2.15. The molecular formula is C16H15ClN2O3. The Morgan fingerprint density at radius 1 is 1.09 bits per heavy atom. The molecule has 0 saturated heterocycles. The number of hydrogen-bond acceptors (Lipinski definition) is 4.